The number of amides is 1. The molecule has 2 N–H and O–H groups in total. The molecule has 0 radical (unpaired) electrons. The largest absolute Gasteiger partial charge is 0.439 e. The molecule has 1 aromatic carbocycles. The molecule has 1 saturated heterocycles. The molecule has 1 aliphatic heterocycles. The number of carbonyl (C=O) groups excluding carboxylic acids is 1. The first-order valence-electron chi connectivity index (χ1n) is 10.4. The summed E-state index contributed by atoms with van der Waals surface area (Å²) in [6.45, 7) is 0.594. The molecule has 2 fully saturated rings. The molecule has 1 amide bonds. The number of pyridine rings is 1. The van der Waals surface area contributed by atoms with Crippen molar-refractivity contribution in [2.45, 2.75) is 37.3 Å². The number of primary amides is 1. The lowest BCUT2D eigenvalue weighted by Gasteiger charge is -2.36. The predicted octanol–water partition coefficient (Wildman–Crippen LogP) is 4.14. The number of halogens is 1. The molecule has 8 nitrogen and oxygen atoms in total. The SMILES string of the molecule is N#CN1CC(n2cc(C(N)=O)c(-c3ccc(Oc4ccc(Cl)cn4)cc3)n2)CCC12CC2. The van der Waals surface area contributed by atoms with Gasteiger partial charge >= 0.3 is 0 Å². The van der Waals surface area contributed by atoms with Crippen LogP contribution in [0.25, 0.3) is 11.3 Å². The summed E-state index contributed by atoms with van der Waals surface area (Å²) in [5, 5.41) is 14.8. The molecule has 1 spiro atoms. The second-order valence-corrected chi connectivity index (χ2v) is 8.74. The van der Waals surface area contributed by atoms with Crippen LogP contribution in [0.3, 0.4) is 0 Å². The Morgan fingerprint density at radius 3 is 2.62 bits per heavy atom. The molecule has 2 aliphatic rings. The fourth-order valence-electron chi connectivity index (χ4n) is 4.29. The van der Waals surface area contributed by atoms with Crippen LogP contribution in [0.2, 0.25) is 5.02 Å². The van der Waals surface area contributed by atoms with E-state index in [9.17, 15) is 10.1 Å². The normalized spacial score (nSPS) is 18.9. The molecule has 32 heavy (non-hydrogen) atoms. The van der Waals surface area contributed by atoms with Crippen LogP contribution < -0.4 is 10.5 Å². The van der Waals surface area contributed by atoms with Crippen LogP contribution in [0.4, 0.5) is 0 Å². The summed E-state index contributed by atoms with van der Waals surface area (Å²) in [5.74, 6) is 0.482. The van der Waals surface area contributed by atoms with Crippen molar-refractivity contribution >= 4 is 17.5 Å². The number of nitriles is 1. The number of ether oxygens (including phenoxy) is 1. The number of carbonyl (C=O) groups is 1. The number of nitrogens with zero attached hydrogens (tertiary/aromatic N) is 5. The quantitative estimate of drug-likeness (QED) is 0.587. The van der Waals surface area contributed by atoms with Crippen molar-refractivity contribution in [1.82, 2.24) is 19.7 Å². The second kappa shape index (κ2) is 7.84. The smallest absolute Gasteiger partial charge is 0.252 e. The zero-order valence-electron chi connectivity index (χ0n) is 17.2. The van der Waals surface area contributed by atoms with Gasteiger partial charge in [-0.25, -0.2) is 4.98 Å². The van der Waals surface area contributed by atoms with E-state index < -0.39 is 5.91 Å². The van der Waals surface area contributed by atoms with Crippen LogP contribution in [-0.4, -0.2) is 37.7 Å². The Kier molecular flexibility index (Phi) is 4.98. The van der Waals surface area contributed by atoms with Crippen molar-refractivity contribution in [3.63, 3.8) is 0 Å². The van der Waals surface area contributed by atoms with Gasteiger partial charge in [-0.05, 0) is 56.0 Å². The summed E-state index contributed by atoms with van der Waals surface area (Å²) in [4.78, 5) is 18.1. The van der Waals surface area contributed by atoms with E-state index in [0.29, 0.717) is 34.5 Å². The van der Waals surface area contributed by atoms with Crippen molar-refractivity contribution in [2.24, 2.45) is 5.73 Å². The maximum Gasteiger partial charge on any atom is 0.252 e. The number of piperidine rings is 1. The highest BCUT2D eigenvalue weighted by atomic mass is 35.5. The Labute approximate surface area is 190 Å². The summed E-state index contributed by atoms with van der Waals surface area (Å²) in [5.41, 5.74) is 7.33. The lowest BCUT2D eigenvalue weighted by Crippen LogP contribution is -2.42. The van der Waals surface area contributed by atoms with E-state index in [2.05, 4.69) is 11.2 Å². The maximum atomic E-state index is 12.1. The van der Waals surface area contributed by atoms with Gasteiger partial charge in [-0.15, -0.1) is 0 Å². The number of nitrogens with two attached hydrogens (primary N) is 1. The molecule has 2 aromatic heterocycles. The Morgan fingerprint density at radius 1 is 1.22 bits per heavy atom. The molecule has 5 rings (SSSR count). The molecule has 1 atom stereocenters. The lowest BCUT2D eigenvalue weighted by molar-refractivity contribution is 0.1000. The summed E-state index contributed by atoms with van der Waals surface area (Å²) in [6.07, 6.45) is 9.57. The van der Waals surface area contributed by atoms with Gasteiger partial charge in [-0.3, -0.25) is 9.48 Å². The van der Waals surface area contributed by atoms with Crippen LogP contribution in [0.15, 0.2) is 48.8 Å². The van der Waals surface area contributed by atoms with Crippen LogP contribution in [0.1, 0.15) is 42.1 Å². The van der Waals surface area contributed by atoms with Gasteiger partial charge in [0.1, 0.15) is 11.4 Å². The van der Waals surface area contributed by atoms with Gasteiger partial charge in [-0.2, -0.15) is 10.4 Å². The third-order valence-corrected chi connectivity index (χ3v) is 6.50. The van der Waals surface area contributed by atoms with Gasteiger partial charge in [-0.1, -0.05) is 11.6 Å². The third-order valence-electron chi connectivity index (χ3n) is 6.28. The summed E-state index contributed by atoms with van der Waals surface area (Å²) < 4.78 is 7.52. The van der Waals surface area contributed by atoms with Gasteiger partial charge in [0.25, 0.3) is 5.91 Å². The first-order chi connectivity index (χ1) is 15.5. The molecule has 1 unspecified atom stereocenters. The minimum absolute atomic E-state index is 0.0197. The van der Waals surface area contributed by atoms with E-state index in [-0.39, 0.29) is 11.6 Å². The van der Waals surface area contributed by atoms with Gasteiger partial charge in [0, 0.05) is 24.0 Å². The van der Waals surface area contributed by atoms with Crippen molar-refractivity contribution in [1.29, 1.82) is 5.26 Å². The Balaban J connectivity index is 1.38. The number of hydrogen-bond acceptors (Lipinski definition) is 6. The van der Waals surface area contributed by atoms with Crippen LogP contribution in [0, 0.1) is 11.5 Å². The molecule has 3 heterocycles. The lowest BCUT2D eigenvalue weighted by atomic mass is 9.97. The minimum atomic E-state index is -0.538. The number of aromatic nitrogens is 3. The molecular weight excluding hydrogens is 428 g/mol. The number of benzene rings is 1. The Bertz CT molecular complexity index is 1190. The van der Waals surface area contributed by atoms with Crippen molar-refractivity contribution in [2.75, 3.05) is 6.54 Å². The molecule has 1 saturated carbocycles. The molecule has 162 valence electrons. The molecule has 1 aliphatic carbocycles. The van der Waals surface area contributed by atoms with E-state index in [0.717, 1.165) is 31.2 Å². The average Bonchev–Trinajstić information content (AvgIpc) is 3.42. The molecule has 9 heteroatoms. The van der Waals surface area contributed by atoms with Crippen molar-refractivity contribution < 1.29 is 9.53 Å². The number of rotatable bonds is 5. The van der Waals surface area contributed by atoms with E-state index in [1.54, 1.807) is 35.1 Å². The average molecular weight is 449 g/mol. The number of likely N-dealkylation sites (tertiary alicyclic amines) is 1. The van der Waals surface area contributed by atoms with Crippen LogP contribution >= 0.6 is 11.6 Å². The van der Waals surface area contributed by atoms with Crippen LogP contribution in [0.5, 0.6) is 11.6 Å². The van der Waals surface area contributed by atoms with Gasteiger partial charge in [0.15, 0.2) is 6.19 Å². The topological polar surface area (TPSA) is 110 Å². The van der Waals surface area contributed by atoms with Gasteiger partial charge < -0.3 is 15.4 Å². The molecule has 0 bridgehead atoms. The summed E-state index contributed by atoms with van der Waals surface area (Å²) in [7, 11) is 0. The van der Waals surface area contributed by atoms with E-state index >= 15 is 0 Å². The third kappa shape index (κ3) is 3.76. The second-order valence-electron chi connectivity index (χ2n) is 8.30. The maximum absolute atomic E-state index is 12.1. The van der Waals surface area contributed by atoms with E-state index in [1.165, 1.54) is 6.20 Å². The van der Waals surface area contributed by atoms with Gasteiger partial charge in [0.2, 0.25) is 5.88 Å². The molecule has 3 aromatic rings. The standard InChI is InChI=1S/C23H21ClN6O2/c24-16-3-6-20(27-11-16)32-18-4-1-15(2-5-18)21-19(22(26)31)13-30(28-21)17-7-8-23(9-10-23)29(12-17)14-25/h1-6,11,13,17H,7-10,12H2,(H2,26,31). The Morgan fingerprint density at radius 2 is 2.00 bits per heavy atom. The summed E-state index contributed by atoms with van der Waals surface area (Å²) in [6, 6.07) is 10.6. The number of hydrogen-bond donors (Lipinski definition) is 1. The van der Waals surface area contributed by atoms with Gasteiger partial charge in [0.05, 0.1) is 28.7 Å². The zero-order valence-corrected chi connectivity index (χ0v) is 18.0. The monoisotopic (exact) mass is 448 g/mol. The van der Waals surface area contributed by atoms with Crippen molar-refractivity contribution in [3.8, 4) is 29.1 Å². The highest BCUT2D eigenvalue weighted by molar-refractivity contribution is 6.30. The highest BCUT2D eigenvalue weighted by Crippen LogP contribution is 2.49. The minimum Gasteiger partial charge on any atom is -0.439 e. The zero-order chi connectivity index (χ0) is 22.3. The fraction of sp³-hybridized carbons (Fsp3) is 0.304. The molecular formula is C23H21ClN6O2. The highest BCUT2D eigenvalue weighted by Gasteiger charge is 2.51. The fourth-order valence-corrected chi connectivity index (χ4v) is 4.40. The van der Waals surface area contributed by atoms with E-state index in [4.69, 9.17) is 27.2 Å². The van der Waals surface area contributed by atoms with Crippen LogP contribution in [-0.2, 0) is 0 Å². The Hall–Kier alpha value is -3.57. The first kappa shape index (κ1) is 20.3. The van der Waals surface area contributed by atoms with Crippen molar-refractivity contribution in [3.05, 3.63) is 59.4 Å². The summed E-state index contributed by atoms with van der Waals surface area (Å²) >= 11 is 5.85. The van der Waals surface area contributed by atoms with E-state index in [1.807, 2.05) is 17.0 Å². The predicted molar refractivity (Wildman–Crippen MR) is 118 cm³/mol. The first-order valence-corrected chi connectivity index (χ1v) is 10.8.